The van der Waals surface area contributed by atoms with E-state index in [1.54, 1.807) is 7.11 Å². The van der Waals surface area contributed by atoms with Crippen molar-refractivity contribution in [2.24, 2.45) is 5.92 Å². The standard InChI is InChI=1S/C15H24O3/c1-4-18-15(13-8-6-5-7-9-13)14(16)12(2)10-11-17-3/h5-9,12,14-16H,4,10-11H2,1-3H3. The van der Waals surface area contributed by atoms with Crippen LogP contribution >= 0.6 is 0 Å². The Hall–Kier alpha value is -0.900. The molecule has 0 radical (unpaired) electrons. The lowest BCUT2D eigenvalue weighted by atomic mass is 9.92. The molecule has 0 aliphatic carbocycles. The molecule has 1 aromatic rings. The molecule has 3 unspecified atom stereocenters. The van der Waals surface area contributed by atoms with Gasteiger partial charge >= 0.3 is 0 Å². The van der Waals surface area contributed by atoms with Crippen molar-refractivity contribution in [3.05, 3.63) is 35.9 Å². The number of aliphatic hydroxyl groups excluding tert-OH is 1. The Morgan fingerprint density at radius 1 is 1.22 bits per heavy atom. The SMILES string of the molecule is CCOC(c1ccccc1)C(O)C(C)CCOC. The molecule has 0 spiro atoms. The smallest absolute Gasteiger partial charge is 0.109 e. The molecule has 0 saturated carbocycles. The summed E-state index contributed by atoms with van der Waals surface area (Å²) in [5, 5.41) is 10.4. The zero-order valence-electron chi connectivity index (χ0n) is 11.5. The molecule has 3 heteroatoms. The largest absolute Gasteiger partial charge is 0.390 e. The van der Waals surface area contributed by atoms with Gasteiger partial charge in [0, 0.05) is 20.3 Å². The maximum atomic E-state index is 10.4. The van der Waals surface area contributed by atoms with E-state index in [2.05, 4.69) is 0 Å². The van der Waals surface area contributed by atoms with E-state index >= 15 is 0 Å². The summed E-state index contributed by atoms with van der Waals surface area (Å²) in [5.41, 5.74) is 1.02. The molecule has 0 aromatic heterocycles. The third-order valence-corrected chi connectivity index (χ3v) is 3.14. The Balaban J connectivity index is 2.72. The van der Waals surface area contributed by atoms with Gasteiger partial charge in [0.1, 0.15) is 6.10 Å². The molecule has 0 saturated heterocycles. The Bertz CT molecular complexity index is 313. The van der Waals surface area contributed by atoms with Crippen molar-refractivity contribution in [1.82, 2.24) is 0 Å². The van der Waals surface area contributed by atoms with E-state index in [0.29, 0.717) is 13.2 Å². The summed E-state index contributed by atoms with van der Waals surface area (Å²) in [6.07, 6.45) is 0.0548. The van der Waals surface area contributed by atoms with Crippen LogP contribution in [0.4, 0.5) is 0 Å². The fourth-order valence-electron chi connectivity index (χ4n) is 1.99. The summed E-state index contributed by atoms with van der Waals surface area (Å²) in [4.78, 5) is 0. The lowest BCUT2D eigenvalue weighted by molar-refractivity contribution is -0.0615. The molecule has 1 rings (SSSR count). The van der Waals surface area contributed by atoms with Gasteiger partial charge in [-0.05, 0) is 24.8 Å². The van der Waals surface area contributed by atoms with Crippen LogP contribution in [0, 0.1) is 5.92 Å². The van der Waals surface area contributed by atoms with Crippen LogP contribution in [0.3, 0.4) is 0 Å². The van der Waals surface area contributed by atoms with E-state index in [9.17, 15) is 5.11 Å². The highest BCUT2D eigenvalue weighted by atomic mass is 16.5. The number of ether oxygens (including phenoxy) is 2. The van der Waals surface area contributed by atoms with Crippen molar-refractivity contribution in [3.63, 3.8) is 0 Å². The lowest BCUT2D eigenvalue weighted by Gasteiger charge is -2.27. The average Bonchev–Trinajstić information content (AvgIpc) is 2.42. The highest BCUT2D eigenvalue weighted by Crippen LogP contribution is 2.27. The molecule has 18 heavy (non-hydrogen) atoms. The van der Waals surface area contributed by atoms with Gasteiger partial charge < -0.3 is 14.6 Å². The minimum Gasteiger partial charge on any atom is -0.390 e. The average molecular weight is 252 g/mol. The van der Waals surface area contributed by atoms with Crippen LogP contribution in [-0.4, -0.2) is 31.5 Å². The van der Waals surface area contributed by atoms with Crippen LogP contribution in [0.15, 0.2) is 30.3 Å². The van der Waals surface area contributed by atoms with Crippen molar-refractivity contribution in [1.29, 1.82) is 0 Å². The Kier molecular flexibility index (Phi) is 6.94. The Morgan fingerprint density at radius 2 is 1.89 bits per heavy atom. The zero-order chi connectivity index (χ0) is 13.4. The van der Waals surface area contributed by atoms with E-state index in [-0.39, 0.29) is 12.0 Å². The predicted octanol–water partition coefficient (Wildman–Crippen LogP) is 2.80. The van der Waals surface area contributed by atoms with Gasteiger partial charge in [0.15, 0.2) is 0 Å². The van der Waals surface area contributed by atoms with Crippen LogP contribution in [0.2, 0.25) is 0 Å². The molecule has 0 amide bonds. The van der Waals surface area contributed by atoms with Gasteiger partial charge in [0.25, 0.3) is 0 Å². The lowest BCUT2D eigenvalue weighted by Crippen LogP contribution is -2.28. The summed E-state index contributed by atoms with van der Waals surface area (Å²) in [7, 11) is 1.68. The van der Waals surface area contributed by atoms with Crippen LogP contribution in [0.5, 0.6) is 0 Å². The molecule has 0 heterocycles. The van der Waals surface area contributed by atoms with E-state index in [1.165, 1.54) is 0 Å². The maximum absolute atomic E-state index is 10.4. The molecule has 0 aliphatic rings. The first-order valence-electron chi connectivity index (χ1n) is 6.54. The molecular formula is C15H24O3. The molecule has 3 atom stereocenters. The second-order valence-electron chi connectivity index (χ2n) is 4.54. The van der Waals surface area contributed by atoms with Crippen LogP contribution < -0.4 is 0 Å². The predicted molar refractivity (Wildman–Crippen MR) is 72.5 cm³/mol. The molecule has 1 N–H and O–H groups in total. The van der Waals surface area contributed by atoms with Gasteiger partial charge in [-0.1, -0.05) is 37.3 Å². The number of rotatable bonds is 8. The third-order valence-electron chi connectivity index (χ3n) is 3.14. The first kappa shape index (κ1) is 15.2. The summed E-state index contributed by atoms with van der Waals surface area (Å²) in [6, 6.07) is 9.88. The number of benzene rings is 1. The first-order valence-corrected chi connectivity index (χ1v) is 6.54. The van der Waals surface area contributed by atoms with Gasteiger partial charge in [-0.15, -0.1) is 0 Å². The molecule has 3 nitrogen and oxygen atoms in total. The summed E-state index contributed by atoms with van der Waals surface area (Å²) in [5.74, 6) is 0.140. The van der Waals surface area contributed by atoms with Gasteiger partial charge in [0.05, 0.1) is 6.10 Å². The van der Waals surface area contributed by atoms with Crippen LogP contribution in [0.1, 0.15) is 31.9 Å². The van der Waals surface area contributed by atoms with Gasteiger partial charge in [-0.2, -0.15) is 0 Å². The molecule has 0 fully saturated rings. The van der Waals surface area contributed by atoms with Gasteiger partial charge in [-0.25, -0.2) is 0 Å². The van der Waals surface area contributed by atoms with E-state index < -0.39 is 6.10 Å². The highest BCUT2D eigenvalue weighted by Gasteiger charge is 2.26. The van der Waals surface area contributed by atoms with Crippen molar-refractivity contribution >= 4 is 0 Å². The molecular weight excluding hydrogens is 228 g/mol. The van der Waals surface area contributed by atoms with Crippen LogP contribution in [0.25, 0.3) is 0 Å². The Morgan fingerprint density at radius 3 is 2.44 bits per heavy atom. The minimum absolute atomic E-state index is 0.140. The first-order chi connectivity index (χ1) is 8.70. The summed E-state index contributed by atoms with van der Waals surface area (Å²) >= 11 is 0. The number of methoxy groups -OCH3 is 1. The molecule has 1 aromatic carbocycles. The normalized spacial score (nSPS) is 16.2. The maximum Gasteiger partial charge on any atom is 0.109 e. The number of hydrogen-bond acceptors (Lipinski definition) is 3. The quantitative estimate of drug-likeness (QED) is 0.773. The van der Waals surface area contributed by atoms with Crippen molar-refractivity contribution in [3.8, 4) is 0 Å². The summed E-state index contributed by atoms with van der Waals surface area (Å²) in [6.45, 7) is 5.22. The van der Waals surface area contributed by atoms with Gasteiger partial charge in [-0.3, -0.25) is 0 Å². The van der Waals surface area contributed by atoms with Crippen molar-refractivity contribution < 1.29 is 14.6 Å². The van der Waals surface area contributed by atoms with E-state index in [0.717, 1.165) is 12.0 Å². The second kappa shape index (κ2) is 8.25. The second-order valence-corrected chi connectivity index (χ2v) is 4.54. The zero-order valence-corrected chi connectivity index (χ0v) is 11.5. The van der Waals surface area contributed by atoms with E-state index in [4.69, 9.17) is 9.47 Å². The molecule has 102 valence electrons. The fraction of sp³-hybridized carbons (Fsp3) is 0.600. The Labute approximate surface area is 110 Å². The molecule has 0 bridgehead atoms. The van der Waals surface area contributed by atoms with Crippen molar-refractivity contribution in [2.75, 3.05) is 20.3 Å². The van der Waals surface area contributed by atoms with Crippen molar-refractivity contribution in [2.45, 2.75) is 32.5 Å². The number of aliphatic hydroxyl groups is 1. The van der Waals surface area contributed by atoms with E-state index in [1.807, 2.05) is 44.2 Å². The number of hydrogen-bond donors (Lipinski definition) is 1. The molecule has 0 aliphatic heterocycles. The van der Waals surface area contributed by atoms with Crippen LogP contribution in [-0.2, 0) is 9.47 Å². The highest BCUT2D eigenvalue weighted by molar-refractivity contribution is 5.18. The summed E-state index contributed by atoms with van der Waals surface area (Å²) < 4.78 is 10.8. The monoisotopic (exact) mass is 252 g/mol. The van der Waals surface area contributed by atoms with Gasteiger partial charge in [0.2, 0.25) is 0 Å². The fourth-order valence-corrected chi connectivity index (χ4v) is 1.99. The third kappa shape index (κ3) is 4.41. The minimum atomic E-state index is -0.512. The topological polar surface area (TPSA) is 38.7 Å².